The molecule has 0 aliphatic carbocycles. The molecule has 4 heteroatoms. The van der Waals surface area contributed by atoms with E-state index in [4.69, 9.17) is 4.42 Å². The van der Waals surface area contributed by atoms with Gasteiger partial charge in [-0.25, -0.2) is 0 Å². The highest BCUT2D eigenvalue weighted by molar-refractivity contribution is 5.63. The number of aromatic nitrogens is 2. The second-order valence-electron chi connectivity index (χ2n) is 4.40. The Morgan fingerprint density at radius 2 is 1.71 bits per heavy atom. The molecule has 0 aliphatic heterocycles. The van der Waals surface area contributed by atoms with E-state index < -0.39 is 6.10 Å². The standard InChI is InChI=1S/C13H16N2O2/c1-7-5-8(2)11(9(3)6-7)13-15-14-12(17-13)10(4)16/h5-6,10,16H,1-4H3. The van der Waals surface area contributed by atoms with E-state index in [1.807, 2.05) is 13.8 Å². The van der Waals surface area contributed by atoms with Gasteiger partial charge in [-0.2, -0.15) is 0 Å². The van der Waals surface area contributed by atoms with Gasteiger partial charge in [0.25, 0.3) is 0 Å². The number of hydrogen-bond acceptors (Lipinski definition) is 4. The second-order valence-corrected chi connectivity index (χ2v) is 4.40. The minimum absolute atomic E-state index is 0.249. The number of nitrogens with zero attached hydrogens (tertiary/aromatic N) is 2. The smallest absolute Gasteiger partial charge is 0.248 e. The summed E-state index contributed by atoms with van der Waals surface area (Å²) in [6, 6.07) is 4.16. The fourth-order valence-corrected chi connectivity index (χ4v) is 2.02. The van der Waals surface area contributed by atoms with E-state index in [-0.39, 0.29) is 5.89 Å². The quantitative estimate of drug-likeness (QED) is 0.864. The van der Waals surface area contributed by atoms with Crippen molar-refractivity contribution in [3.8, 4) is 11.5 Å². The third kappa shape index (κ3) is 2.22. The van der Waals surface area contributed by atoms with Crippen molar-refractivity contribution in [3.05, 3.63) is 34.7 Å². The fourth-order valence-electron chi connectivity index (χ4n) is 2.02. The molecule has 0 saturated carbocycles. The molecular weight excluding hydrogens is 216 g/mol. The molecule has 0 amide bonds. The Morgan fingerprint density at radius 3 is 2.18 bits per heavy atom. The lowest BCUT2D eigenvalue weighted by molar-refractivity contribution is 0.163. The van der Waals surface area contributed by atoms with Crippen molar-refractivity contribution >= 4 is 0 Å². The van der Waals surface area contributed by atoms with Gasteiger partial charge in [0, 0.05) is 5.56 Å². The van der Waals surface area contributed by atoms with E-state index in [0.29, 0.717) is 5.89 Å². The molecule has 0 bridgehead atoms. The van der Waals surface area contributed by atoms with E-state index >= 15 is 0 Å². The van der Waals surface area contributed by atoms with Gasteiger partial charge in [-0.05, 0) is 38.8 Å². The maximum Gasteiger partial charge on any atom is 0.248 e. The Balaban J connectivity index is 2.52. The van der Waals surface area contributed by atoms with Gasteiger partial charge in [0.05, 0.1) is 0 Å². The first-order valence-corrected chi connectivity index (χ1v) is 5.58. The third-order valence-electron chi connectivity index (χ3n) is 2.69. The van der Waals surface area contributed by atoms with Crippen molar-refractivity contribution in [3.63, 3.8) is 0 Å². The minimum atomic E-state index is -0.734. The number of aliphatic hydroxyl groups is 1. The Kier molecular flexibility index (Phi) is 2.98. The Morgan fingerprint density at radius 1 is 1.12 bits per heavy atom. The molecule has 1 aromatic heterocycles. The maximum absolute atomic E-state index is 9.37. The fraction of sp³-hybridized carbons (Fsp3) is 0.385. The lowest BCUT2D eigenvalue weighted by Gasteiger charge is -2.07. The van der Waals surface area contributed by atoms with Crippen molar-refractivity contribution in [2.24, 2.45) is 0 Å². The molecule has 4 nitrogen and oxygen atoms in total. The van der Waals surface area contributed by atoms with Gasteiger partial charge in [0.15, 0.2) is 0 Å². The number of aryl methyl sites for hydroxylation is 3. The van der Waals surface area contributed by atoms with Gasteiger partial charge >= 0.3 is 0 Å². The molecule has 0 radical (unpaired) electrons. The molecule has 1 aromatic carbocycles. The number of rotatable bonds is 2. The van der Waals surface area contributed by atoms with Crippen molar-refractivity contribution in [2.75, 3.05) is 0 Å². The SMILES string of the molecule is Cc1cc(C)c(-c2nnc(C(C)O)o2)c(C)c1. The largest absolute Gasteiger partial charge is 0.418 e. The van der Waals surface area contributed by atoms with Gasteiger partial charge in [0.2, 0.25) is 11.8 Å². The van der Waals surface area contributed by atoms with E-state index in [0.717, 1.165) is 16.7 Å². The first-order chi connectivity index (χ1) is 7.99. The zero-order valence-corrected chi connectivity index (χ0v) is 10.5. The van der Waals surface area contributed by atoms with Crippen LogP contribution in [0.3, 0.4) is 0 Å². The summed E-state index contributed by atoms with van der Waals surface area (Å²) in [6.07, 6.45) is -0.734. The molecule has 2 rings (SSSR count). The summed E-state index contributed by atoms with van der Waals surface area (Å²) in [5.41, 5.74) is 4.36. The van der Waals surface area contributed by atoms with Crippen molar-refractivity contribution in [2.45, 2.75) is 33.8 Å². The summed E-state index contributed by atoms with van der Waals surface area (Å²) in [4.78, 5) is 0. The van der Waals surface area contributed by atoms with Crippen LogP contribution in [0.5, 0.6) is 0 Å². The molecule has 90 valence electrons. The predicted molar refractivity (Wildman–Crippen MR) is 64.6 cm³/mol. The maximum atomic E-state index is 9.37. The first kappa shape index (κ1) is 11.8. The Hall–Kier alpha value is -1.68. The number of hydrogen-bond donors (Lipinski definition) is 1. The second kappa shape index (κ2) is 4.30. The average molecular weight is 232 g/mol. The van der Waals surface area contributed by atoms with Crippen LogP contribution in [-0.4, -0.2) is 15.3 Å². The lowest BCUT2D eigenvalue weighted by atomic mass is 10.00. The van der Waals surface area contributed by atoms with E-state index in [1.165, 1.54) is 5.56 Å². The first-order valence-electron chi connectivity index (χ1n) is 5.58. The summed E-state index contributed by atoms with van der Waals surface area (Å²) in [6.45, 7) is 7.69. The molecule has 0 aliphatic rings. The highest BCUT2D eigenvalue weighted by Crippen LogP contribution is 2.28. The molecule has 17 heavy (non-hydrogen) atoms. The highest BCUT2D eigenvalue weighted by Gasteiger charge is 2.16. The molecular formula is C13H16N2O2. The summed E-state index contributed by atoms with van der Waals surface area (Å²) in [7, 11) is 0. The van der Waals surface area contributed by atoms with E-state index in [1.54, 1.807) is 6.92 Å². The van der Waals surface area contributed by atoms with Crippen molar-refractivity contribution < 1.29 is 9.52 Å². The molecule has 0 spiro atoms. The van der Waals surface area contributed by atoms with Gasteiger partial charge in [-0.3, -0.25) is 0 Å². The molecule has 0 saturated heterocycles. The predicted octanol–water partition coefficient (Wildman–Crippen LogP) is 2.72. The molecule has 1 heterocycles. The summed E-state index contributed by atoms with van der Waals surface area (Å²) >= 11 is 0. The topological polar surface area (TPSA) is 59.2 Å². The van der Waals surface area contributed by atoms with Crippen LogP contribution in [-0.2, 0) is 0 Å². The van der Waals surface area contributed by atoms with Gasteiger partial charge in [-0.1, -0.05) is 17.7 Å². The summed E-state index contributed by atoms with van der Waals surface area (Å²) < 4.78 is 5.46. The molecule has 1 unspecified atom stereocenters. The number of aliphatic hydroxyl groups excluding tert-OH is 1. The highest BCUT2D eigenvalue weighted by atomic mass is 16.4. The molecule has 1 atom stereocenters. The van der Waals surface area contributed by atoms with Gasteiger partial charge in [0.1, 0.15) is 6.10 Å². The monoisotopic (exact) mass is 232 g/mol. The van der Waals surface area contributed by atoms with Crippen LogP contribution in [0.1, 0.15) is 35.6 Å². The molecule has 0 fully saturated rings. The zero-order chi connectivity index (χ0) is 12.6. The number of benzene rings is 1. The van der Waals surface area contributed by atoms with Crippen LogP contribution in [0.15, 0.2) is 16.5 Å². The van der Waals surface area contributed by atoms with Crippen LogP contribution in [0.2, 0.25) is 0 Å². The molecule has 2 aromatic rings. The third-order valence-corrected chi connectivity index (χ3v) is 2.69. The van der Waals surface area contributed by atoms with Crippen molar-refractivity contribution in [1.29, 1.82) is 0 Å². The summed E-state index contributed by atoms with van der Waals surface area (Å²) in [5, 5.41) is 17.2. The van der Waals surface area contributed by atoms with Crippen LogP contribution in [0.25, 0.3) is 11.5 Å². The van der Waals surface area contributed by atoms with E-state index in [9.17, 15) is 5.11 Å². The lowest BCUT2D eigenvalue weighted by Crippen LogP contribution is -1.90. The zero-order valence-electron chi connectivity index (χ0n) is 10.5. The average Bonchev–Trinajstić information content (AvgIpc) is 2.65. The van der Waals surface area contributed by atoms with Gasteiger partial charge < -0.3 is 9.52 Å². The Bertz CT molecular complexity index is 521. The van der Waals surface area contributed by atoms with Crippen LogP contribution in [0, 0.1) is 20.8 Å². The van der Waals surface area contributed by atoms with Crippen LogP contribution in [0.4, 0.5) is 0 Å². The van der Waals surface area contributed by atoms with E-state index in [2.05, 4.69) is 29.3 Å². The summed E-state index contributed by atoms with van der Waals surface area (Å²) in [5.74, 6) is 0.718. The van der Waals surface area contributed by atoms with Crippen LogP contribution < -0.4 is 0 Å². The minimum Gasteiger partial charge on any atom is -0.418 e. The Labute approximate surface area is 100 Å². The molecule has 1 N–H and O–H groups in total. The van der Waals surface area contributed by atoms with Crippen LogP contribution >= 0.6 is 0 Å². The van der Waals surface area contributed by atoms with Crippen molar-refractivity contribution in [1.82, 2.24) is 10.2 Å². The van der Waals surface area contributed by atoms with Gasteiger partial charge in [-0.15, -0.1) is 10.2 Å². The normalized spacial score (nSPS) is 12.8.